The molecule has 1 fully saturated rings. The highest BCUT2D eigenvalue weighted by atomic mass is 16.6. The molecule has 0 aromatic carbocycles. The first-order valence-electron chi connectivity index (χ1n) is 6.25. The summed E-state index contributed by atoms with van der Waals surface area (Å²) in [6.45, 7) is 10.8. The number of nitrogens with zero attached hydrogens (tertiary/aromatic N) is 4. The molecule has 7 nitrogen and oxygen atoms in total. The van der Waals surface area contributed by atoms with Crippen molar-refractivity contribution in [2.45, 2.75) is 58.8 Å². The maximum atomic E-state index is 10.4. The fourth-order valence-electron chi connectivity index (χ4n) is 2.29. The molecule has 108 valence electrons. The lowest BCUT2D eigenvalue weighted by Gasteiger charge is -2.37. The first-order chi connectivity index (χ1) is 8.53. The average Bonchev–Trinajstić information content (AvgIpc) is 2.62. The molecule has 7 heteroatoms. The summed E-state index contributed by atoms with van der Waals surface area (Å²) in [4.78, 5) is 4.23. The lowest BCUT2D eigenvalue weighted by molar-refractivity contribution is -0.229. The van der Waals surface area contributed by atoms with Crippen molar-refractivity contribution in [2.75, 3.05) is 0 Å². The summed E-state index contributed by atoms with van der Waals surface area (Å²) in [7, 11) is 0. The molecular formula is C12H22N4O3. The van der Waals surface area contributed by atoms with E-state index >= 15 is 0 Å². The highest BCUT2D eigenvalue weighted by Crippen LogP contribution is 2.47. The van der Waals surface area contributed by atoms with Gasteiger partial charge in [-0.2, -0.15) is 14.9 Å². The largest absolute Gasteiger partial charge is 0.427 e. The minimum absolute atomic E-state index is 0.193. The van der Waals surface area contributed by atoms with Crippen LogP contribution >= 0.6 is 0 Å². The van der Waals surface area contributed by atoms with Crippen molar-refractivity contribution in [3.63, 3.8) is 0 Å². The Morgan fingerprint density at radius 2 is 1.37 bits per heavy atom. The average molecular weight is 270 g/mol. The van der Waals surface area contributed by atoms with Crippen molar-refractivity contribution < 1.29 is 15.6 Å². The number of hydroxylamine groups is 4. The molecule has 1 aliphatic heterocycles. The van der Waals surface area contributed by atoms with Gasteiger partial charge in [0.1, 0.15) is 0 Å². The van der Waals surface area contributed by atoms with Crippen LogP contribution in [0.1, 0.15) is 51.1 Å². The zero-order valence-electron chi connectivity index (χ0n) is 12.2. The number of aryl methyl sites for hydroxylation is 1. The molecule has 2 heterocycles. The van der Waals surface area contributed by atoms with Crippen LogP contribution in [0.15, 0.2) is 0 Å². The van der Waals surface area contributed by atoms with Crippen LogP contribution in [0.25, 0.3) is 0 Å². The van der Waals surface area contributed by atoms with E-state index in [2.05, 4.69) is 4.98 Å². The number of aromatic nitrogens is 2. The van der Waals surface area contributed by atoms with Gasteiger partial charge in [0, 0.05) is 0 Å². The number of hydrogen-bond donors (Lipinski definition) is 3. The Morgan fingerprint density at radius 3 is 1.68 bits per heavy atom. The third-order valence-electron chi connectivity index (χ3n) is 4.68. The Bertz CT molecular complexity index is 489. The van der Waals surface area contributed by atoms with Gasteiger partial charge in [0.2, 0.25) is 0 Å². The number of rotatable bonds is 1. The summed E-state index contributed by atoms with van der Waals surface area (Å²) < 4.78 is 0.907. The van der Waals surface area contributed by atoms with Crippen LogP contribution in [0.4, 0.5) is 0 Å². The van der Waals surface area contributed by atoms with Crippen LogP contribution in [-0.2, 0) is 0 Å². The molecule has 0 bridgehead atoms. The standard InChI is InChI=1S/C12H22N4O3/c1-7-8(2)14(17)9(13-7)10-15(18)11(3,4)12(5,6)16(10)19/h10,17-19H,1-6H3. The molecule has 0 unspecified atom stereocenters. The SMILES string of the molecule is Cc1nc(C2N(O)C(C)(C)C(C)(C)N2O)n(O)c1C. The summed E-state index contributed by atoms with van der Waals surface area (Å²) in [6, 6.07) is 0. The van der Waals surface area contributed by atoms with E-state index in [1.807, 2.05) is 27.7 Å². The van der Waals surface area contributed by atoms with E-state index in [0.717, 1.165) is 14.9 Å². The third kappa shape index (κ3) is 1.62. The zero-order chi connectivity index (χ0) is 14.7. The van der Waals surface area contributed by atoms with Crippen molar-refractivity contribution in [3.8, 4) is 0 Å². The highest BCUT2D eigenvalue weighted by molar-refractivity contribution is 5.18. The molecule has 19 heavy (non-hydrogen) atoms. The Kier molecular flexibility index (Phi) is 2.94. The zero-order valence-corrected chi connectivity index (χ0v) is 12.2. The van der Waals surface area contributed by atoms with E-state index in [1.165, 1.54) is 0 Å². The second-order valence-corrected chi connectivity index (χ2v) is 6.13. The fourth-order valence-corrected chi connectivity index (χ4v) is 2.29. The smallest absolute Gasteiger partial charge is 0.181 e. The van der Waals surface area contributed by atoms with Gasteiger partial charge in [-0.3, -0.25) is 0 Å². The minimum Gasteiger partial charge on any atom is -0.427 e. The van der Waals surface area contributed by atoms with Gasteiger partial charge in [0.15, 0.2) is 12.0 Å². The second-order valence-electron chi connectivity index (χ2n) is 6.13. The normalized spacial score (nSPS) is 24.2. The van der Waals surface area contributed by atoms with E-state index in [0.29, 0.717) is 11.4 Å². The molecule has 0 atom stereocenters. The van der Waals surface area contributed by atoms with Crippen molar-refractivity contribution in [1.82, 2.24) is 19.8 Å². The van der Waals surface area contributed by atoms with Crippen LogP contribution < -0.4 is 0 Å². The monoisotopic (exact) mass is 270 g/mol. The number of imidazole rings is 1. The summed E-state index contributed by atoms with van der Waals surface area (Å²) in [5.74, 6) is 0.193. The van der Waals surface area contributed by atoms with Crippen LogP contribution in [0.3, 0.4) is 0 Å². The molecule has 3 N–H and O–H groups in total. The third-order valence-corrected chi connectivity index (χ3v) is 4.68. The molecule has 1 aromatic heterocycles. The maximum Gasteiger partial charge on any atom is 0.181 e. The lowest BCUT2D eigenvalue weighted by Crippen LogP contribution is -2.52. The van der Waals surface area contributed by atoms with Gasteiger partial charge >= 0.3 is 0 Å². The van der Waals surface area contributed by atoms with Gasteiger partial charge in [-0.15, -0.1) is 0 Å². The molecular weight excluding hydrogens is 248 g/mol. The second kappa shape index (κ2) is 3.92. The van der Waals surface area contributed by atoms with Gasteiger partial charge in [0.25, 0.3) is 0 Å². The minimum atomic E-state index is -0.914. The lowest BCUT2D eigenvalue weighted by atomic mass is 9.84. The molecule has 2 rings (SSSR count). The van der Waals surface area contributed by atoms with Crippen LogP contribution in [-0.4, -0.2) is 46.5 Å². The molecule has 0 spiro atoms. The maximum absolute atomic E-state index is 10.4. The van der Waals surface area contributed by atoms with Gasteiger partial charge in [0.05, 0.1) is 22.5 Å². The van der Waals surface area contributed by atoms with E-state index in [4.69, 9.17) is 0 Å². The van der Waals surface area contributed by atoms with Crippen LogP contribution in [0.5, 0.6) is 0 Å². The van der Waals surface area contributed by atoms with Crippen LogP contribution in [0.2, 0.25) is 0 Å². The van der Waals surface area contributed by atoms with E-state index < -0.39 is 17.2 Å². The Hall–Kier alpha value is -1.15. The number of hydrogen-bond acceptors (Lipinski definition) is 6. The van der Waals surface area contributed by atoms with Gasteiger partial charge in [-0.25, -0.2) is 4.98 Å². The predicted molar refractivity (Wildman–Crippen MR) is 67.0 cm³/mol. The predicted octanol–water partition coefficient (Wildman–Crippen LogP) is 1.69. The molecule has 0 radical (unpaired) electrons. The first kappa shape index (κ1) is 14.3. The summed E-state index contributed by atoms with van der Waals surface area (Å²) in [6.07, 6.45) is -0.914. The molecule has 1 aromatic rings. The van der Waals surface area contributed by atoms with E-state index in [9.17, 15) is 15.6 Å². The van der Waals surface area contributed by atoms with E-state index in [1.54, 1.807) is 13.8 Å². The Labute approximate surface area is 112 Å². The molecule has 0 amide bonds. The summed E-state index contributed by atoms with van der Waals surface area (Å²) in [5, 5.41) is 32.8. The topological polar surface area (TPSA) is 85.0 Å². The summed E-state index contributed by atoms with van der Waals surface area (Å²) >= 11 is 0. The summed E-state index contributed by atoms with van der Waals surface area (Å²) in [5.41, 5.74) is -0.179. The highest BCUT2D eigenvalue weighted by Gasteiger charge is 2.59. The van der Waals surface area contributed by atoms with Crippen molar-refractivity contribution >= 4 is 0 Å². The van der Waals surface area contributed by atoms with Crippen molar-refractivity contribution in [1.29, 1.82) is 0 Å². The fraction of sp³-hybridized carbons (Fsp3) is 0.750. The molecule has 1 saturated heterocycles. The first-order valence-corrected chi connectivity index (χ1v) is 6.25. The van der Waals surface area contributed by atoms with E-state index in [-0.39, 0.29) is 5.82 Å². The molecule has 0 saturated carbocycles. The Morgan fingerprint density at radius 1 is 0.947 bits per heavy atom. The quantitative estimate of drug-likeness (QED) is 0.673. The molecule has 1 aliphatic rings. The van der Waals surface area contributed by atoms with Crippen molar-refractivity contribution in [3.05, 3.63) is 17.2 Å². The Balaban J connectivity index is 2.55. The van der Waals surface area contributed by atoms with Crippen molar-refractivity contribution in [2.24, 2.45) is 0 Å². The molecule has 0 aliphatic carbocycles. The van der Waals surface area contributed by atoms with Gasteiger partial charge in [-0.1, -0.05) is 0 Å². The van der Waals surface area contributed by atoms with Gasteiger partial charge < -0.3 is 15.6 Å². The van der Waals surface area contributed by atoms with Gasteiger partial charge in [-0.05, 0) is 41.5 Å². The van der Waals surface area contributed by atoms with Crippen LogP contribution in [0, 0.1) is 13.8 Å².